The van der Waals surface area contributed by atoms with Gasteiger partial charge < -0.3 is 15.0 Å². The number of aldehydes is 1. The number of hydrogen-bond donors (Lipinski definition) is 1. The predicted octanol–water partition coefficient (Wildman–Crippen LogP) is 3.81. The number of anilines is 1. The van der Waals surface area contributed by atoms with Gasteiger partial charge in [0.05, 0.1) is 11.6 Å². The third kappa shape index (κ3) is 4.58. The summed E-state index contributed by atoms with van der Waals surface area (Å²) in [4.78, 5) is 31.0. The summed E-state index contributed by atoms with van der Waals surface area (Å²) in [6, 6.07) is 3.98. The van der Waals surface area contributed by atoms with Crippen LogP contribution in [0.3, 0.4) is 0 Å². The van der Waals surface area contributed by atoms with Crippen LogP contribution in [0.2, 0.25) is 0 Å². The molecule has 0 aromatic carbocycles. The Kier molecular flexibility index (Phi) is 6.94. The fourth-order valence-electron chi connectivity index (χ4n) is 3.80. The molecule has 1 aromatic rings. The first-order valence-electron chi connectivity index (χ1n) is 9.89. The van der Waals surface area contributed by atoms with E-state index in [2.05, 4.69) is 17.1 Å². The van der Waals surface area contributed by atoms with Gasteiger partial charge in [0.25, 0.3) is 5.91 Å². The normalized spacial score (nSPS) is 21.0. The van der Waals surface area contributed by atoms with Crippen LogP contribution in [0.1, 0.15) is 68.6 Å². The minimum Gasteiger partial charge on any atom is -0.349 e. The van der Waals surface area contributed by atoms with Crippen LogP contribution in [0.5, 0.6) is 0 Å². The number of pyridine rings is 1. The van der Waals surface area contributed by atoms with Gasteiger partial charge in [-0.25, -0.2) is 4.98 Å². The monoisotopic (exact) mass is 375 g/mol. The molecule has 5 nitrogen and oxygen atoms in total. The summed E-state index contributed by atoms with van der Waals surface area (Å²) in [7, 11) is 0. The standard InChI is InChI=1S/C20H29N3O2S/c1-2-13-26-20-17(19(25)21-15-7-4-3-5-8-15)10-11-18(22-20)23-12-6-9-16(23)14-24/h10-11,14-16H,2-9,12-13H2,1H3,(H,21,25)/t16-/m0/s1. The Morgan fingerprint density at radius 2 is 2.08 bits per heavy atom. The Hall–Kier alpha value is -1.56. The molecule has 1 aromatic heterocycles. The molecule has 2 fully saturated rings. The Balaban J connectivity index is 1.79. The summed E-state index contributed by atoms with van der Waals surface area (Å²) < 4.78 is 0. The van der Waals surface area contributed by atoms with Gasteiger partial charge in [0.15, 0.2) is 0 Å². The van der Waals surface area contributed by atoms with Gasteiger partial charge in [-0.15, -0.1) is 11.8 Å². The van der Waals surface area contributed by atoms with Gasteiger partial charge in [-0.2, -0.15) is 0 Å². The molecular weight excluding hydrogens is 346 g/mol. The quantitative estimate of drug-likeness (QED) is 0.580. The van der Waals surface area contributed by atoms with Gasteiger partial charge in [-0.1, -0.05) is 26.2 Å². The topological polar surface area (TPSA) is 62.3 Å². The maximum atomic E-state index is 12.8. The van der Waals surface area contributed by atoms with Gasteiger partial charge in [0.1, 0.15) is 17.1 Å². The minimum absolute atomic E-state index is 0.0112. The van der Waals surface area contributed by atoms with Gasteiger partial charge in [0, 0.05) is 12.6 Å². The second-order valence-corrected chi connectivity index (χ2v) is 8.30. The van der Waals surface area contributed by atoms with Gasteiger partial charge in [-0.3, -0.25) is 4.79 Å². The lowest BCUT2D eigenvalue weighted by Crippen LogP contribution is -2.36. The highest BCUT2D eigenvalue weighted by Gasteiger charge is 2.26. The summed E-state index contributed by atoms with van der Waals surface area (Å²) in [5.74, 6) is 1.73. The van der Waals surface area contributed by atoms with Crippen LogP contribution in [0, 0.1) is 0 Å². The molecule has 0 radical (unpaired) electrons. The lowest BCUT2D eigenvalue weighted by molar-refractivity contribution is -0.108. The van der Waals surface area contributed by atoms with Crippen LogP contribution < -0.4 is 10.2 Å². The lowest BCUT2D eigenvalue weighted by atomic mass is 9.95. The van der Waals surface area contributed by atoms with Crippen LogP contribution >= 0.6 is 11.8 Å². The van der Waals surface area contributed by atoms with E-state index in [9.17, 15) is 9.59 Å². The molecule has 6 heteroatoms. The molecule has 1 saturated heterocycles. The molecule has 3 rings (SSSR count). The highest BCUT2D eigenvalue weighted by Crippen LogP contribution is 2.29. The molecule has 1 amide bonds. The molecule has 0 spiro atoms. The molecule has 1 saturated carbocycles. The molecule has 0 unspecified atom stereocenters. The van der Waals surface area contributed by atoms with E-state index in [4.69, 9.17) is 4.98 Å². The third-order valence-corrected chi connectivity index (χ3v) is 6.42. The van der Waals surface area contributed by atoms with Crippen molar-refractivity contribution in [2.24, 2.45) is 0 Å². The molecule has 1 atom stereocenters. The van der Waals surface area contributed by atoms with Crippen molar-refractivity contribution in [3.63, 3.8) is 0 Å². The van der Waals surface area contributed by atoms with Crippen LogP contribution in [0.15, 0.2) is 17.2 Å². The SMILES string of the molecule is CCCSc1nc(N2CCC[C@H]2C=O)ccc1C(=O)NC1CCCCC1. The molecule has 26 heavy (non-hydrogen) atoms. The van der Waals surface area contributed by atoms with E-state index in [-0.39, 0.29) is 18.0 Å². The first-order valence-corrected chi connectivity index (χ1v) is 10.9. The van der Waals surface area contributed by atoms with Crippen molar-refractivity contribution in [1.82, 2.24) is 10.3 Å². The Morgan fingerprint density at radius 3 is 2.81 bits per heavy atom. The zero-order valence-electron chi connectivity index (χ0n) is 15.6. The fraction of sp³-hybridized carbons (Fsp3) is 0.650. The van der Waals surface area contributed by atoms with E-state index in [1.807, 2.05) is 12.1 Å². The zero-order chi connectivity index (χ0) is 18.4. The summed E-state index contributed by atoms with van der Waals surface area (Å²) >= 11 is 1.63. The first kappa shape index (κ1) is 19.2. The number of nitrogens with zero attached hydrogens (tertiary/aromatic N) is 2. The number of carbonyl (C=O) groups excluding carboxylic acids is 2. The van der Waals surface area contributed by atoms with Crippen molar-refractivity contribution >= 4 is 29.8 Å². The van der Waals surface area contributed by atoms with Crippen molar-refractivity contribution < 1.29 is 9.59 Å². The molecule has 1 N–H and O–H groups in total. The zero-order valence-corrected chi connectivity index (χ0v) is 16.4. The number of aromatic nitrogens is 1. The molecule has 142 valence electrons. The van der Waals surface area contributed by atoms with E-state index in [0.29, 0.717) is 5.56 Å². The Labute approximate surface area is 160 Å². The fourth-order valence-corrected chi connectivity index (χ4v) is 4.67. The average molecular weight is 376 g/mol. The molecule has 2 heterocycles. The molecule has 2 aliphatic rings. The largest absolute Gasteiger partial charge is 0.349 e. The second kappa shape index (κ2) is 9.40. The van der Waals surface area contributed by atoms with Crippen LogP contribution in [0.4, 0.5) is 5.82 Å². The summed E-state index contributed by atoms with van der Waals surface area (Å²) in [5, 5.41) is 3.99. The van der Waals surface area contributed by atoms with Crippen LogP contribution in [-0.2, 0) is 4.79 Å². The predicted molar refractivity (Wildman–Crippen MR) is 106 cm³/mol. The number of rotatable bonds is 7. The van der Waals surface area contributed by atoms with Crippen molar-refractivity contribution in [2.75, 3.05) is 17.2 Å². The number of amides is 1. The van der Waals surface area contributed by atoms with Crippen LogP contribution in [0.25, 0.3) is 0 Å². The maximum Gasteiger partial charge on any atom is 0.254 e. The van der Waals surface area contributed by atoms with E-state index in [1.54, 1.807) is 11.8 Å². The van der Waals surface area contributed by atoms with Crippen molar-refractivity contribution in [3.8, 4) is 0 Å². The Bertz CT molecular complexity index is 631. The summed E-state index contributed by atoms with van der Waals surface area (Å²) in [5.41, 5.74) is 0.666. The number of thioether (sulfide) groups is 1. The number of nitrogens with one attached hydrogen (secondary N) is 1. The van der Waals surface area contributed by atoms with Crippen molar-refractivity contribution in [2.45, 2.75) is 75.4 Å². The Morgan fingerprint density at radius 1 is 1.27 bits per heavy atom. The molecule has 1 aliphatic heterocycles. The van der Waals surface area contributed by atoms with E-state index in [1.165, 1.54) is 19.3 Å². The van der Waals surface area contributed by atoms with Gasteiger partial charge >= 0.3 is 0 Å². The highest BCUT2D eigenvalue weighted by molar-refractivity contribution is 7.99. The minimum atomic E-state index is -0.0894. The van der Waals surface area contributed by atoms with E-state index in [0.717, 1.165) is 61.5 Å². The molecule has 0 bridgehead atoms. The summed E-state index contributed by atoms with van der Waals surface area (Å²) in [6.07, 6.45) is 9.74. The van der Waals surface area contributed by atoms with Crippen molar-refractivity contribution in [1.29, 1.82) is 0 Å². The number of hydrogen-bond acceptors (Lipinski definition) is 5. The number of carbonyl (C=O) groups is 2. The van der Waals surface area contributed by atoms with Crippen molar-refractivity contribution in [3.05, 3.63) is 17.7 Å². The summed E-state index contributed by atoms with van der Waals surface area (Å²) in [6.45, 7) is 2.98. The highest BCUT2D eigenvalue weighted by atomic mass is 32.2. The van der Waals surface area contributed by atoms with Crippen LogP contribution in [-0.4, -0.2) is 41.6 Å². The maximum absolute atomic E-state index is 12.8. The second-order valence-electron chi connectivity index (χ2n) is 7.22. The third-order valence-electron chi connectivity index (χ3n) is 5.22. The lowest BCUT2D eigenvalue weighted by Gasteiger charge is -2.24. The smallest absolute Gasteiger partial charge is 0.254 e. The average Bonchev–Trinajstić information content (AvgIpc) is 3.15. The molecular formula is C20H29N3O2S. The van der Waals surface area contributed by atoms with E-state index < -0.39 is 0 Å². The van der Waals surface area contributed by atoms with E-state index >= 15 is 0 Å². The van der Waals surface area contributed by atoms with Gasteiger partial charge in [-0.05, 0) is 50.0 Å². The molecule has 1 aliphatic carbocycles. The first-order chi connectivity index (χ1) is 12.7. The van der Waals surface area contributed by atoms with Gasteiger partial charge in [0.2, 0.25) is 0 Å².